The van der Waals surface area contributed by atoms with Gasteiger partial charge in [0.15, 0.2) is 0 Å². The molecule has 2 aromatic heterocycles. The summed E-state index contributed by atoms with van der Waals surface area (Å²) in [5.74, 6) is -2.79. The number of amides is 1. The van der Waals surface area contributed by atoms with Crippen LogP contribution < -0.4 is 11.1 Å². The Morgan fingerprint density at radius 1 is 1.38 bits per heavy atom. The molecule has 34 heavy (non-hydrogen) atoms. The van der Waals surface area contributed by atoms with E-state index in [1.54, 1.807) is 0 Å². The third kappa shape index (κ3) is 5.22. The van der Waals surface area contributed by atoms with Gasteiger partial charge in [0.1, 0.15) is 51.1 Å². The highest BCUT2D eigenvalue weighted by Crippen LogP contribution is 2.34. The monoisotopic (exact) mass is 498 g/mol. The molecule has 0 aromatic carbocycles. The van der Waals surface area contributed by atoms with E-state index >= 15 is 0 Å². The normalized spacial score (nSPS) is 22.5. The number of nitrogens with one attached hydrogen (secondary N) is 1. The summed E-state index contributed by atoms with van der Waals surface area (Å²) in [6.45, 7) is -0.391. The smallest absolute Gasteiger partial charge is 0.369 e. The van der Waals surface area contributed by atoms with Crippen LogP contribution in [0.1, 0.15) is 28.7 Å². The number of halogens is 4. The number of carbonyl (C=O) groups is 1. The number of nitriles is 1. The molecule has 3 rings (SSSR count). The summed E-state index contributed by atoms with van der Waals surface area (Å²) in [4.78, 5) is 24.4. The lowest BCUT2D eigenvalue weighted by atomic mass is 10.00. The molecule has 0 aliphatic carbocycles. The number of nitrogens with zero attached hydrogens (tertiary/aromatic N) is 6. The van der Waals surface area contributed by atoms with Crippen LogP contribution in [0.15, 0.2) is 39.8 Å². The van der Waals surface area contributed by atoms with Gasteiger partial charge in [0.25, 0.3) is 5.91 Å². The fraction of sp³-hybridized carbons (Fsp3) is 0.316. The topological polar surface area (TPSA) is 150 Å². The SMILES string of the molecule is CN1C(N)=NC(C)(c2nc(NC(=O)c3ccc(C#N)cn3)ccc2F)C[S@@]1(=O)=NCC(F)(F)F. The Morgan fingerprint density at radius 2 is 2.09 bits per heavy atom. The minimum Gasteiger partial charge on any atom is -0.369 e. The van der Waals surface area contributed by atoms with Gasteiger partial charge in [-0.05, 0) is 31.2 Å². The molecule has 0 saturated carbocycles. The highest BCUT2D eigenvalue weighted by Gasteiger charge is 2.42. The van der Waals surface area contributed by atoms with Crippen LogP contribution in [0.5, 0.6) is 0 Å². The van der Waals surface area contributed by atoms with Crippen molar-refractivity contribution in [1.82, 2.24) is 14.3 Å². The summed E-state index contributed by atoms with van der Waals surface area (Å²) in [7, 11) is -2.58. The minimum atomic E-state index is -4.71. The molecule has 1 amide bonds. The molecular weight excluding hydrogens is 480 g/mol. The molecule has 0 spiro atoms. The predicted molar refractivity (Wildman–Crippen MR) is 114 cm³/mol. The van der Waals surface area contributed by atoms with Gasteiger partial charge in [0, 0.05) is 13.2 Å². The molecule has 1 aliphatic heterocycles. The van der Waals surface area contributed by atoms with Gasteiger partial charge >= 0.3 is 6.18 Å². The second-order valence-corrected chi connectivity index (χ2v) is 9.73. The first kappa shape index (κ1) is 24.8. The number of aliphatic imine (C=N–C) groups is 1. The van der Waals surface area contributed by atoms with Gasteiger partial charge in [-0.15, -0.1) is 0 Å². The minimum absolute atomic E-state index is 0.0478. The summed E-state index contributed by atoms with van der Waals surface area (Å²) in [5, 5.41) is 11.2. The van der Waals surface area contributed by atoms with Crippen LogP contribution in [-0.2, 0) is 15.5 Å². The van der Waals surface area contributed by atoms with Crippen molar-refractivity contribution in [3.8, 4) is 6.07 Å². The average molecular weight is 498 g/mol. The zero-order valence-electron chi connectivity index (χ0n) is 17.8. The first-order valence-corrected chi connectivity index (χ1v) is 11.1. The van der Waals surface area contributed by atoms with Gasteiger partial charge < -0.3 is 11.1 Å². The Kier molecular flexibility index (Phi) is 6.47. The number of aromatic nitrogens is 2. The summed E-state index contributed by atoms with van der Waals surface area (Å²) in [6.07, 6.45) is -3.52. The molecule has 10 nitrogen and oxygen atoms in total. The quantitative estimate of drug-likeness (QED) is 0.617. The van der Waals surface area contributed by atoms with Crippen LogP contribution in [0.3, 0.4) is 0 Å². The summed E-state index contributed by atoms with van der Waals surface area (Å²) < 4.78 is 70.2. The number of hydrogen-bond donors (Lipinski definition) is 2. The number of alkyl halides is 3. The molecule has 3 N–H and O–H groups in total. The largest absolute Gasteiger partial charge is 0.408 e. The molecule has 1 aliphatic rings. The van der Waals surface area contributed by atoms with E-state index < -0.39 is 57.3 Å². The Hall–Kier alpha value is -3.80. The first-order valence-electron chi connectivity index (χ1n) is 9.47. The number of rotatable bonds is 4. The number of anilines is 1. The first-order chi connectivity index (χ1) is 15.8. The molecular formula is C19H18F4N8O2S. The average Bonchev–Trinajstić information content (AvgIpc) is 2.77. The van der Waals surface area contributed by atoms with E-state index in [9.17, 15) is 26.6 Å². The van der Waals surface area contributed by atoms with Gasteiger partial charge in [-0.1, -0.05) is 0 Å². The molecule has 2 aromatic rings. The van der Waals surface area contributed by atoms with E-state index in [-0.39, 0.29) is 17.1 Å². The Bertz CT molecular complexity index is 1310. The predicted octanol–water partition coefficient (Wildman–Crippen LogP) is 2.16. The van der Waals surface area contributed by atoms with Crippen molar-refractivity contribution in [3.63, 3.8) is 0 Å². The Morgan fingerprint density at radius 3 is 2.68 bits per heavy atom. The van der Waals surface area contributed by atoms with Crippen LogP contribution in [0, 0.1) is 17.1 Å². The van der Waals surface area contributed by atoms with Crippen molar-refractivity contribution >= 4 is 27.6 Å². The zero-order valence-corrected chi connectivity index (χ0v) is 18.6. The van der Waals surface area contributed by atoms with Crippen LogP contribution in [-0.4, -0.2) is 55.9 Å². The third-order valence-electron chi connectivity index (χ3n) is 4.75. The fourth-order valence-electron chi connectivity index (χ4n) is 3.06. The molecule has 2 atom stereocenters. The second-order valence-electron chi connectivity index (χ2n) is 7.42. The number of nitrogens with two attached hydrogens (primary N) is 1. The molecule has 15 heteroatoms. The zero-order chi connectivity index (χ0) is 25.3. The standard InChI is InChI=1S/C19H18F4N8O2S/c1-18(10-34(33,27-9-19(21,22)23)31(2)17(25)30-18)15-12(20)4-6-14(28-15)29-16(32)13-5-3-11(7-24)8-26-13/h3-6,8H,9-10H2,1-2H3,(H2,25,30)(H,28,29,32)/t18?,34-/m1/s1. The van der Waals surface area contributed by atoms with Gasteiger partial charge in [0.05, 0.1) is 11.3 Å². The number of pyridine rings is 2. The van der Waals surface area contributed by atoms with Crippen molar-refractivity contribution < 1.29 is 26.6 Å². The van der Waals surface area contributed by atoms with E-state index in [0.29, 0.717) is 0 Å². The maximum Gasteiger partial charge on any atom is 0.408 e. The molecule has 3 heterocycles. The fourth-order valence-corrected chi connectivity index (χ4v) is 5.13. The Labute approximate surface area is 191 Å². The van der Waals surface area contributed by atoms with Crippen LogP contribution in [0.25, 0.3) is 0 Å². The summed E-state index contributed by atoms with van der Waals surface area (Å²) in [6, 6.07) is 6.66. The van der Waals surface area contributed by atoms with Crippen molar-refractivity contribution in [2.45, 2.75) is 18.6 Å². The Balaban J connectivity index is 1.97. The van der Waals surface area contributed by atoms with Crippen LogP contribution in [0.4, 0.5) is 23.4 Å². The molecule has 1 unspecified atom stereocenters. The molecule has 0 saturated heterocycles. The molecule has 180 valence electrons. The van der Waals surface area contributed by atoms with Crippen LogP contribution in [0.2, 0.25) is 0 Å². The van der Waals surface area contributed by atoms with E-state index in [2.05, 4.69) is 24.6 Å². The third-order valence-corrected chi connectivity index (χ3v) is 7.26. The molecule has 0 radical (unpaired) electrons. The molecule has 0 bridgehead atoms. The van der Waals surface area contributed by atoms with Gasteiger partial charge in [-0.25, -0.2) is 27.9 Å². The van der Waals surface area contributed by atoms with Crippen LogP contribution >= 0.6 is 0 Å². The van der Waals surface area contributed by atoms with Crippen molar-refractivity contribution in [2.75, 3.05) is 24.7 Å². The lowest BCUT2D eigenvalue weighted by Gasteiger charge is -2.36. The van der Waals surface area contributed by atoms with Crippen molar-refractivity contribution in [2.24, 2.45) is 15.1 Å². The lowest BCUT2D eigenvalue weighted by molar-refractivity contribution is -0.117. The van der Waals surface area contributed by atoms with Gasteiger partial charge in [0.2, 0.25) is 5.96 Å². The van der Waals surface area contributed by atoms with E-state index in [1.807, 2.05) is 6.07 Å². The maximum atomic E-state index is 14.7. The van der Waals surface area contributed by atoms with E-state index in [1.165, 1.54) is 32.3 Å². The van der Waals surface area contributed by atoms with Gasteiger partial charge in [-0.2, -0.15) is 18.4 Å². The van der Waals surface area contributed by atoms with Crippen molar-refractivity contribution in [3.05, 3.63) is 53.2 Å². The summed E-state index contributed by atoms with van der Waals surface area (Å²) >= 11 is 0. The second kappa shape index (κ2) is 8.86. The van der Waals surface area contributed by atoms with E-state index in [0.717, 1.165) is 16.4 Å². The van der Waals surface area contributed by atoms with Crippen molar-refractivity contribution in [1.29, 1.82) is 5.26 Å². The van der Waals surface area contributed by atoms with E-state index in [4.69, 9.17) is 11.0 Å². The van der Waals surface area contributed by atoms with Gasteiger partial charge in [-0.3, -0.25) is 9.10 Å². The lowest BCUT2D eigenvalue weighted by Crippen LogP contribution is -2.51. The number of hydrogen-bond acceptors (Lipinski definition) is 8. The highest BCUT2D eigenvalue weighted by atomic mass is 32.2. The number of carbonyl (C=O) groups excluding carboxylic acids is 1. The summed E-state index contributed by atoms with van der Waals surface area (Å²) in [5.41, 5.74) is 3.82. The highest BCUT2D eigenvalue weighted by molar-refractivity contribution is 7.92. The molecule has 0 fully saturated rings. The maximum absolute atomic E-state index is 14.7. The number of guanidine groups is 1.